The van der Waals surface area contributed by atoms with Crippen LogP contribution in [0.25, 0.3) is 11.5 Å². The summed E-state index contributed by atoms with van der Waals surface area (Å²) in [4.78, 5) is 18.9. The minimum atomic E-state index is 0.0268. The molecule has 2 fully saturated rings. The summed E-state index contributed by atoms with van der Waals surface area (Å²) >= 11 is 0. The van der Waals surface area contributed by atoms with E-state index in [0.717, 1.165) is 24.9 Å². The van der Waals surface area contributed by atoms with Gasteiger partial charge in [0, 0.05) is 31.2 Å². The molecule has 2 saturated heterocycles. The topological polar surface area (TPSA) is 68.5 Å². The van der Waals surface area contributed by atoms with Crippen LogP contribution in [0.3, 0.4) is 0 Å². The van der Waals surface area contributed by atoms with Crippen LogP contribution < -0.4 is 0 Å². The summed E-state index contributed by atoms with van der Waals surface area (Å²) < 4.78 is 10.7. The fraction of sp³-hybridized carbons (Fsp3) is 0.471. The molecule has 1 aromatic heterocycles. The van der Waals surface area contributed by atoms with Crippen LogP contribution in [0, 0.1) is 5.92 Å². The average Bonchev–Trinajstić information content (AvgIpc) is 3.35. The maximum atomic E-state index is 12.4. The number of likely N-dealkylation sites (tertiary alicyclic amines) is 1. The van der Waals surface area contributed by atoms with Gasteiger partial charge in [0.25, 0.3) is 5.89 Å². The molecule has 0 aliphatic carbocycles. The Labute approximate surface area is 134 Å². The molecule has 6 nitrogen and oxygen atoms in total. The highest BCUT2D eigenvalue weighted by Crippen LogP contribution is 2.29. The lowest BCUT2D eigenvalue weighted by atomic mass is 10.1. The highest BCUT2D eigenvalue weighted by molar-refractivity contribution is 5.79. The van der Waals surface area contributed by atoms with Crippen LogP contribution in [0.2, 0.25) is 0 Å². The van der Waals surface area contributed by atoms with Crippen LogP contribution in [0.1, 0.15) is 24.6 Å². The quantitative estimate of drug-likeness (QED) is 0.868. The third-order valence-corrected chi connectivity index (χ3v) is 4.61. The van der Waals surface area contributed by atoms with Crippen molar-refractivity contribution in [3.8, 4) is 11.5 Å². The molecule has 3 heterocycles. The standard InChI is InChI=1S/C17H19N3O3/c21-17(14-7-9-22-11-14)20-8-6-13(10-20)15-18-16(23-19-15)12-4-2-1-3-5-12/h1-5,13-14H,6-11H2. The predicted octanol–water partition coefficient (Wildman–Crippen LogP) is 2.09. The van der Waals surface area contributed by atoms with Gasteiger partial charge in [-0.25, -0.2) is 0 Å². The van der Waals surface area contributed by atoms with E-state index in [-0.39, 0.29) is 17.7 Å². The van der Waals surface area contributed by atoms with Crippen molar-refractivity contribution in [2.75, 3.05) is 26.3 Å². The van der Waals surface area contributed by atoms with Crippen molar-refractivity contribution in [1.29, 1.82) is 0 Å². The lowest BCUT2D eigenvalue weighted by molar-refractivity contribution is -0.134. The van der Waals surface area contributed by atoms with E-state index in [1.54, 1.807) is 0 Å². The molecule has 4 rings (SSSR count). The van der Waals surface area contributed by atoms with Gasteiger partial charge in [-0.1, -0.05) is 23.4 Å². The van der Waals surface area contributed by atoms with Crippen molar-refractivity contribution in [3.63, 3.8) is 0 Å². The molecule has 2 aliphatic rings. The highest BCUT2D eigenvalue weighted by atomic mass is 16.5. The molecule has 23 heavy (non-hydrogen) atoms. The van der Waals surface area contributed by atoms with Crippen LogP contribution in [-0.2, 0) is 9.53 Å². The Hall–Kier alpha value is -2.21. The van der Waals surface area contributed by atoms with E-state index in [9.17, 15) is 4.79 Å². The maximum absolute atomic E-state index is 12.4. The lowest BCUT2D eigenvalue weighted by Gasteiger charge is -2.19. The molecule has 0 saturated carbocycles. The Morgan fingerprint density at radius 3 is 2.87 bits per heavy atom. The van der Waals surface area contributed by atoms with Gasteiger partial charge in [-0.05, 0) is 25.0 Å². The summed E-state index contributed by atoms with van der Waals surface area (Å²) in [6.45, 7) is 2.68. The number of benzene rings is 1. The number of amides is 1. The van der Waals surface area contributed by atoms with Gasteiger partial charge in [-0.2, -0.15) is 4.98 Å². The van der Waals surface area contributed by atoms with Crippen LogP contribution >= 0.6 is 0 Å². The Morgan fingerprint density at radius 1 is 1.22 bits per heavy atom. The van der Waals surface area contributed by atoms with Gasteiger partial charge in [0.1, 0.15) is 0 Å². The summed E-state index contributed by atoms with van der Waals surface area (Å²) in [5, 5.41) is 4.12. The molecule has 120 valence electrons. The molecule has 1 amide bonds. The smallest absolute Gasteiger partial charge is 0.257 e. The molecule has 6 heteroatoms. The van der Waals surface area contributed by atoms with Crippen LogP contribution in [-0.4, -0.2) is 47.3 Å². The van der Waals surface area contributed by atoms with Crippen molar-refractivity contribution in [2.24, 2.45) is 5.92 Å². The molecule has 2 aliphatic heterocycles. The zero-order chi connectivity index (χ0) is 15.6. The van der Waals surface area contributed by atoms with Crippen LogP contribution in [0.4, 0.5) is 0 Å². The fourth-order valence-corrected chi connectivity index (χ4v) is 3.26. The molecular formula is C17H19N3O3. The Bertz CT molecular complexity index is 679. The van der Waals surface area contributed by atoms with Crippen molar-refractivity contribution >= 4 is 5.91 Å². The number of aromatic nitrogens is 2. The van der Waals surface area contributed by atoms with Crippen LogP contribution in [0.5, 0.6) is 0 Å². The normalized spacial score (nSPS) is 24.3. The van der Waals surface area contributed by atoms with E-state index in [1.807, 2.05) is 35.2 Å². The largest absolute Gasteiger partial charge is 0.381 e. The highest BCUT2D eigenvalue weighted by Gasteiger charge is 2.35. The van der Waals surface area contributed by atoms with Crippen molar-refractivity contribution in [1.82, 2.24) is 15.0 Å². The average molecular weight is 313 g/mol. The van der Waals surface area contributed by atoms with Gasteiger partial charge in [-0.15, -0.1) is 0 Å². The van der Waals surface area contributed by atoms with Crippen molar-refractivity contribution in [3.05, 3.63) is 36.2 Å². The second-order valence-electron chi connectivity index (χ2n) is 6.15. The summed E-state index contributed by atoms with van der Waals surface area (Å²) in [5.74, 6) is 1.62. The lowest BCUT2D eigenvalue weighted by Crippen LogP contribution is -2.34. The molecule has 0 radical (unpaired) electrons. The first kappa shape index (κ1) is 14.4. The second-order valence-corrected chi connectivity index (χ2v) is 6.15. The third kappa shape index (κ3) is 2.86. The Balaban J connectivity index is 1.44. The minimum absolute atomic E-state index is 0.0268. The summed E-state index contributed by atoms with van der Waals surface area (Å²) in [5.41, 5.74) is 0.917. The van der Waals surface area contributed by atoms with Gasteiger partial charge in [0.05, 0.1) is 12.5 Å². The third-order valence-electron chi connectivity index (χ3n) is 4.61. The minimum Gasteiger partial charge on any atom is -0.381 e. The van der Waals surface area contributed by atoms with Crippen molar-refractivity contribution in [2.45, 2.75) is 18.8 Å². The second kappa shape index (κ2) is 6.12. The molecule has 2 atom stereocenters. The number of ether oxygens (including phenoxy) is 1. The van der Waals surface area contributed by atoms with E-state index >= 15 is 0 Å². The fourth-order valence-electron chi connectivity index (χ4n) is 3.26. The number of hydrogen-bond acceptors (Lipinski definition) is 5. The van der Waals surface area contributed by atoms with Gasteiger partial charge in [0.15, 0.2) is 5.82 Å². The Morgan fingerprint density at radius 2 is 2.09 bits per heavy atom. The van der Waals surface area contributed by atoms with E-state index in [0.29, 0.717) is 31.5 Å². The van der Waals surface area contributed by atoms with E-state index in [1.165, 1.54) is 0 Å². The van der Waals surface area contributed by atoms with Gasteiger partial charge in [0.2, 0.25) is 5.91 Å². The first-order chi connectivity index (χ1) is 11.3. The first-order valence-corrected chi connectivity index (χ1v) is 8.07. The molecule has 2 aromatic rings. The van der Waals surface area contributed by atoms with Gasteiger partial charge in [-0.3, -0.25) is 4.79 Å². The van der Waals surface area contributed by atoms with Gasteiger partial charge >= 0.3 is 0 Å². The molecule has 1 aromatic carbocycles. The monoisotopic (exact) mass is 313 g/mol. The summed E-state index contributed by atoms with van der Waals surface area (Å²) in [7, 11) is 0. The van der Waals surface area contributed by atoms with E-state index in [4.69, 9.17) is 9.26 Å². The number of rotatable bonds is 3. The molecule has 2 unspecified atom stereocenters. The summed E-state index contributed by atoms with van der Waals surface area (Å²) in [6.07, 6.45) is 1.72. The molecule has 0 spiro atoms. The number of nitrogens with zero attached hydrogens (tertiary/aromatic N) is 3. The first-order valence-electron chi connectivity index (χ1n) is 8.07. The van der Waals surface area contributed by atoms with E-state index in [2.05, 4.69) is 10.1 Å². The zero-order valence-corrected chi connectivity index (χ0v) is 12.9. The number of hydrogen-bond donors (Lipinski definition) is 0. The maximum Gasteiger partial charge on any atom is 0.257 e. The number of carbonyl (C=O) groups excluding carboxylic acids is 1. The van der Waals surface area contributed by atoms with Crippen LogP contribution in [0.15, 0.2) is 34.9 Å². The molecular weight excluding hydrogens is 294 g/mol. The zero-order valence-electron chi connectivity index (χ0n) is 12.9. The SMILES string of the molecule is O=C(C1CCOC1)N1CCC(c2noc(-c3ccccc3)n2)C1. The predicted molar refractivity (Wildman–Crippen MR) is 82.6 cm³/mol. The Kier molecular flexibility index (Phi) is 3.83. The molecule has 0 bridgehead atoms. The molecule has 0 N–H and O–H groups in total. The summed E-state index contributed by atoms with van der Waals surface area (Å²) in [6, 6.07) is 9.73. The van der Waals surface area contributed by atoms with Gasteiger partial charge < -0.3 is 14.2 Å². The number of carbonyl (C=O) groups is 1. The van der Waals surface area contributed by atoms with E-state index < -0.39 is 0 Å². The van der Waals surface area contributed by atoms with Crippen molar-refractivity contribution < 1.29 is 14.1 Å².